The molecule has 0 saturated heterocycles. The Morgan fingerprint density at radius 3 is 2.46 bits per heavy atom. The maximum absolute atomic E-state index is 2.44. The van der Waals surface area contributed by atoms with Gasteiger partial charge in [-0.2, -0.15) is 0 Å². The average molecular weight is 183 g/mol. The van der Waals surface area contributed by atoms with Gasteiger partial charge in [0.2, 0.25) is 0 Å². The van der Waals surface area contributed by atoms with Crippen LogP contribution >= 0.6 is 0 Å². The molecule has 1 saturated carbocycles. The third-order valence-electron chi connectivity index (χ3n) is 3.53. The fourth-order valence-corrected chi connectivity index (χ4v) is 2.84. The second-order valence-electron chi connectivity index (χ2n) is 5.00. The summed E-state index contributed by atoms with van der Waals surface area (Å²) in [6.45, 7) is 4.72. The van der Waals surface area contributed by atoms with Crippen molar-refractivity contribution < 1.29 is 0 Å². The SMILES string of the molecule is CCCC1CC(C)CCC1N(C)C. The van der Waals surface area contributed by atoms with Crippen LogP contribution in [0, 0.1) is 11.8 Å². The van der Waals surface area contributed by atoms with Crippen LogP contribution in [0.4, 0.5) is 0 Å². The van der Waals surface area contributed by atoms with E-state index in [1.54, 1.807) is 0 Å². The highest BCUT2D eigenvalue weighted by Gasteiger charge is 2.28. The molecule has 0 aromatic carbocycles. The van der Waals surface area contributed by atoms with Gasteiger partial charge in [-0.3, -0.25) is 0 Å². The minimum absolute atomic E-state index is 0.858. The van der Waals surface area contributed by atoms with Gasteiger partial charge < -0.3 is 4.90 Å². The molecule has 0 N–H and O–H groups in total. The Morgan fingerprint density at radius 1 is 1.23 bits per heavy atom. The van der Waals surface area contributed by atoms with Gasteiger partial charge in [-0.25, -0.2) is 0 Å². The van der Waals surface area contributed by atoms with Crippen molar-refractivity contribution in [2.75, 3.05) is 14.1 Å². The van der Waals surface area contributed by atoms with E-state index in [1.807, 2.05) is 0 Å². The van der Waals surface area contributed by atoms with E-state index in [0.717, 1.165) is 17.9 Å². The number of hydrogen-bond acceptors (Lipinski definition) is 1. The summed E-state index contributed by atoms with van der Waals surface area (Å²) in [5.74, 6) is 1.93. The predicted octanol–water partition coefficient (Wildman–Crippen LogP) is 3.15. The zero-order chi connectivity index (χ0) is 9.84. The van der Waals surface area contributed by atoms with E-state index in [2.05, 4.69) is 32.8 Å². The quantitative estimate of drug-likeness (QED) is 0.649. The van der Waals surface area contributed by atoms with E-state index < -0.39 is 0 Å². The van der Waals surface area contributed by atoms with E-state index >= 15 is 0 Å². The molecule has 0 amide bonds. The van der Waals surface area contributed by atoms with Gasteiger partial charge in [-0.1, -0.05) is 20.3 Å². The van der Waals surface area contributed by atoms with Crippen molar-refractivity contribution in [2.45, 2.75) is 52.0 Å². The molecule has 78 valence electrons. The standard InChI is InChI=1S/C12H25N/c1-5-6-11-9-10(2)7-8-12(11)13(3)4/h10-12H,5-9H2,1-4H3. The third kappa shape index (κ3) is 2.98. The normalized spacial score (nSPS) is 35.3. The molecule has 1 aliphatic rings. The van der Waals surface area contributed by atoms with Crippen LogP contribution in [0.5, 0.6) is 0 Å². The van der Waals surface area contributed by atoms with Gasteiger partial charge in [-0.15, -0.1) is 0 Å². The lowest BCUT2D eigenvalue weighted by Gasteiger charge is -2.38. The van der Waals surface area contributed by atoms with Crippen molar-refractivity contribution in [2.24, 2.45) is 11.8 Å². The molecule has 0 aliphatic heterocycles. The molecule has 3 atom stereocenters. The Kier molecular flexibility index (Phi) is 4.24. The largest absolute Gasteiger partial charge is 0.306 e. The fraction of sp³-hybridized carbons (Fsp3) is 1.00. The number of rotatable bonds is 3. The summed E-state index contributed by atoms with van der Waals surface area (Å²) in [5, 5.41) is 0. The Hall–Kier alpha value is -0.0400. The maximum atomic E-state index is 2.44. The first-order valence-electron chi connectivity index (χ1n) is 5.81. The van der Waals surface area contributed by atoms with E-state index in [1.165, 1.54) is 32.1 Å². The second-order valence-corrected chi connectivity index (χ2v) is 5.00. The van der Waals surface area contributed by atoms with Crippen LogP contribution in [0.2, 0.25) is 0 Å². The summed E-state index contributed by atoms with van der Waals surface area (Å²) in [6.07, 6.45) is 7.08. The molecule has 1 aliphatic carbocycles. The van der Waals surface area contributed by atoms with Crippen LogP contribution in [0.3, 0.4) is 0 Å². The van der Waals surface area contributed by atoms with Crippen molar-refractivity contribution in [1.82, 2.24) is 4.90 Å². The van der Waals surface area contributed by atoms with Gasteiger partial charge in [0.1, 0.15) is 0 Å². The van der Waals surface area contributed by atoms with Crippen molar-refractivity contribution in [3.05, 3.63) is 0 Å². The zero-order valence-corrected chi connectivity index (χ0v) is 9.71. The van der Waals surface area contributed by atoms with Gasteiger partial charge in [0.15, 0.2) is 0 Å². The lowest BCUT2D eigenvalue weighted by atomic mass is 9.76. The van der Waals surface area contributed by atoms with E-state index in [9.17, 15) is 0 Å². The molecule has 0 aromatic heterocycles. The highest BCUT2D eigenvalue weighted by molar-refractivity contribution is 4.82. The molecular weight excluding hydrogens is 158 g/mol. The number of hydrogen-bond donors (Lipinski definition) is 0. The zero-order valence-electron chi connectivity index (χ0n) is 9.71. The third-order valence-corrected chi connectivity index (χ3v) is 3.53. The van der Waals surface area contributed by atoms with Crippen molar-refractivity contribution >= 4 is 0 Å². The lowest BCUT2D eigenvalue weighted by Crippen LogP contribution is -2.39. The summed E-state index contributed by atoms with van der Waals surface area (Å²) >= 11 is 0. The van der Waals surface area contributed by atoms with Crippen LogP contribution in [0.25, 0.3) is 0 Å². The molecule has 1 nitrogen and oxygen atoms in total. The fourth-order valence-electron chi connectivity index (χ4n) is 2.84. The van der Waals surface area contributed by atoms with Crippen molar-refractivity contribution in [3.63, 3.8) is 0 Å². The minimum atomic E-state index is 0.858. The van der Waals surface area contributed by atoms with Gasteiger partial charge >= 0.3 is 0 Å². The smallest absolute Gasteiger partial charge is 0.0118 e. The highest BCUT2D eigenvalue weighted by Crippen LogP contribution is 2.33. The van der Waals surface area contributed by atoms with Crippen LogP contribution in [0.15, 0.2) is 0 Å². The summed E-state index contributed by atoms with van der Waals surface area (Å²) in [5.41, 5.74) is 0. The minimum Gasteiger partial charge on any atom is -0.306 e. The summed E-state index contributed by atoms with van der Waals surface area (Å²) < 4.78 is 0. The topological polar surface area (TPSA) is 3.24 Å². The van der Waals surface area contributed by atoms with Crippen molar-refractivity contribution in [1.29, 1.82) is 0 Å². The molecule has 0 radical (unpaired) electrons. The van der Waals surface area contributed by atoms with Gasteiger partial charge in [0, 0.05) is 6.04 Å². The highest BCUT2D eigenvalue weighted by atomic mass is 15.1. The molecule has 0 aromatic rings. The van der Waals surface area contributed by atoms with Gasteiger partial charge in [0.25, 0.3) is 0 Å². The Bertz CT molecular complexity index is 142. The van der Waals surface area contributed by atoms with E-state index in [4.69, 9.17) is 0 Å². The Morgan fingerprint density at radius 2 is 1.92 bits per heavy atom. The van der Waals surface area contributed by atoms with Crippen molar-refractivity contribution in [3.8, 4) is 0 Å². The van der Waals surface area contributed by atoms with Crippen LogP contribution < -0.4 is 0 Å². The molecule has 3 unspecified atom stereocenters. The predicted molar refractivity (Wildman–Crippen MR) is 58.9 cm³/mol. The molecule has 0 bridgehead atoms. The molecule has 1 fully saturated rings. The van der Waals surface area contributed by atoms with E-state index in [-0.39, 0.29) is 0 Å². The van der Waals surface area contributed by atoms with E-state index in [0.29, 0.717) is 0 Å². The molecular formula is C12H25N. The first kappa shape index (κ1) is 11.0. The average Bonchev–Trinajstić information content (AvgIpc) is 2.04. The van der Waals surface area contributed by atoms with Gasteiger partial charge in [-0.05, 0) is 51.6 Å². The Balaban J connectivity index is 2.50. The molecule has 13 heavy (non-hydrogen) atoms. The summed E-state index contributed by atoms with van der Waals surface area (Å²) in [6, 6.07) is 0.858. The molecule has 1 rings (SSSR count). The van der Waals surface area contributed by atoms with Crippen LogP contribution in [-0.4, -0.2) is 25.0 Å². The first-order valence-corrected chi connectivity index (χ1v) is 5.81. The summed E-state index contributed by atoms with van der Waals surface area (Å²) in [7, 11) is 4.48. The van der Waals surface area contributed by atoms with Gasteiger partial charge in [0.05, 0.1) is 0 Å². The van der Waals surface area contributed by atoms with Crippen LogP contribution in [-0.2, 0) is 0 Å². The molecule has 0 heterocycles. The monoisotopic (exact) mass is 183 g/mol. The lowest BCUT2D eigenvalue weighted by molar-refractivity contribution is 0.121. The second kappa shape index (κ2) is 4.99. The van der Waals surface area contributed by atoms with Crippen LogP contribution in [0.1, 0.15) is 46.0 Å². The Labute approximate surface area is 83.5 Å². The maximum Gasteiger partial charge on any atom is 0.0118 e. The summed E-state index contributed by atoms with van der Waals surface area (Å²) in [4.78, 5) is 2.44. The first-order chi connectivity index (χ1) is 6.15. The number of nitrogens with zero attached hydrogens (tertiary/aromatic N) is 1. The molecule has 1 heteroatoms. The molecule has 0 spiro atoms.